The normalized spacial score (nSPS) is 21.3. The molecule has 0 bridgehead atoms. The predicted molar refractivity (Wildman–Crippen MR) is 97.5 cm³/mol. The fourth-order valence-corrected chi connectivity index (χ4v) is 4.33. The zero-order valence-electron chi connectivity index (χ0n) is 15.2. The Morgan fingerprint density at radius 1 is 1.00 bits per heavy atom. The number of carbonyl (C=O) groups excluding carboxylic acids is 2. The van der Waals surface area contributed by atoms with Gasteiger partial charge in [0.1, 0.15) is 17.2 Å². The molecule has 0 saturated carbocycles. The minimum absolute atomic E-state index is 0.0280. The molecular formula is C21H20O5. The second-order valence-corrected chi connectivity index (χ2v) is 6.71. The van der Waals surface area contributed by atoms with Crippen molar-refractivity contribution in [2.45, 2.75) is 19.3 Å². The van der Waals surface area contributed by atoms with Crippen LogP contribution in [0.3, 0.4) is 0 Å². The SMILES string of the molecule is COc1c2c(c(OC)c3c(OC)cccc13)C(=O)[C@H]1C=C(C)C(=O)C[C@@H]21. The molecule has 0 heterocycles. The average molecular weight is 352 g/mol. The maximum atomic E-state index is 13.2. The molecule has 0 amide bonds. The summed E-state index contributed by atoms with van der Waals surface area (Å²) < 4.78 is 16.9. The lowest BCUT2D eigenvalue weighted by Gasteiger charge is -2.23. The Morgan fingerprint density at radius 3 is 2.38 bits per heavy atom. The molecule has 5 nitrogen and oxygen atoms in total. The number of rotatable bonds is 3. The summed E-state index contributed by atoms with van der Waals surface area (Å²) in [6.07, 6.45) is 2.10. The molecule has 26 heavy (non-hydrogen) atoms. The summed E-state index contributed by atoms with van der Waals surface area (Å²) in [4.78, 5) is 25.5. The maximum Gasteiger partial charge on any atom is 0.174 e. The van der Waals surface area contributed by atoms with Crippen molar-refractivity contribution < 1.29 is 23.8 Å². The topological polar surface area (TPSA) is 61.8 Å². The number of benzene rings is 2. The van der Waals surface area contributed by atoms with Crippen LogP contribution in [0.2, 0.25) is 0 Å². The minimum Gasteiger partial charge on any atom is -0.496 e. The van der Waals surface area contributed by atoms with Gasteiger partial charge in [0.2, 0.25) is 0 Å². The molecule has 0 spiro atoms. The Morgan fingerprint density at radius 2 is 1.73 bits per heavy atom. The second kappa shape index (κ2) is 5.87. The van der Waals surface area contributed by atoms with Gasteiger partial charge in [-0.2, -0.15) is 0 Å². The summed E-state index contributed by atoms with van der Waals surface area (Å²) in [5.41, 5.74) is 1.93. The van der Waals surface area contributed by atoms with Crippen LogP contribution in [0.25, 0.3) is 10.8 Å². The van der Waals surface area contributed by atoms with Gasteiger partial charge in [-0.05, 0) is 18.6 Å². The molecule has 134 valence electrons. The van der Waals surface area contributed by atoms with Crippen LogP contribution in [0.15, 0.2) is 29.8 Å². The van der Waals surface area contributed by atoms with E-state index >= 15 is 0 Å². The molecule has 0 saturated heterocycles. The Hall–Kier alpha value is -2.82. The van der Waals surface area contributed by atoms with Crippen molar-refractivity contribution in [1.82, 2.24) is 0 Å². The Bertz CT molecular complexity index is 986. The maximum absolute atomic E-state index is 13.2. The van der Waals surface area contributed by atoms with E-state index in [0.29, 0.717) is 40.2 Å². The van der Waals surface area contributed by atoms with E-state index in [4.69, 9.17) is 14.2 Å². The summed E-state index contributed by atoms with van der Waals surface area (Å²) in [5.74, 6) is 1.20. The van der Waals surface area contributed by atoms with E-state index in [1.54, 1.807) is 34.3 Å². The summed E-state index contributed by atoms with van der Waals surface area (Å²) in [6, 6.07) is 5.62. The first-order valence-corrected chi connectivity index (χ1v) is 8.53. The van der Waals surface area contributed by atoms with Crippen LogP contribution in [-0.2, 0) is 4.79 Å². The van der Waals surface area contributed by atoms with E-state index in [-0.39, 0.29) is 23.4 Å². The van der Waals surface area contributed by atoms with Crippen molar-refractivity contribution in [2.24, 2.45) is 5.92 Å². The minimum atomic E-state index is -0.353. The van der Waals surface area contributed by atoms with Crippen molar-refractivity contribution >= 4 is 22.3 Å². The molecule has 4 rings (SSSR count). The highest BCUT2D eigenvalue weighted by Gasteiger charge is 2.47. The van der Waals surface area contributed by atoms with E-state index in [1.807, 2.05) is 18.2 Å². The van der Waals surface area contributed by atoms with E-state index in [2.05, 4.69) is 0 Å². The number of methoxy groups -OCH3 is 3. The molecule has 0 N–H and O–H groups in total. The predicted octanol–water partition coefficient (Wildman–Crippen LogP) is 3.68. The van der Waals surface area contributed by atoms with Gasteiger partial charge in [0, 0.05) is 29.2 Å². The van der Waals surface area contributed by atoms with Crippen LogP contribution in [0.1, 0.15) is 35.2 Å². The molecule has 5 heteroatoms. The van der Waals surface area contributed by atoms with Gasteiger partial charge in [-0.1, -0.05) is 18.2 Å². The standard InChI is InChI=1S/C21H20O5/c1-10-8-13-12(9-14(10)22)17-18(19(13)23)21(26-4)16-11(20(17)25-3)6-5-7-15(16)24-2/h5-8,12-13H,9H2,1-4H3/t12-,13+/m1/s1. The molecule has 2 aromatic rings. The van der Waals surface area contributed by atoms with Crippen LogP contribution >= 0.6 is 0 Å². The molecule has 0 aromatic heterocycles. The first-order valence-electron chi connectivity index (χ1n) is 8.53. The van der Waals surface area contributed by atoms with Crippen molar-refractivity contribution in [3.8, 4) is 17.2 Å². The van der Waals surface area contributed by atoms with Crippen molar-refractivity contribution in [3.63, 3.8) is 0 Å². The fourth-order valence-electron chi connectivity index (χ4n) is 4.33. The van der Waals surface area contributed by atoms with Crippen LogP contribution < -0.4 is 14.2 Å². The third-order valence-corrected chi connectivity index (χ3v) is 5.50. The molecule has 2 aromatic carbocycles. The molecule has 0 unspecified atom stereocenters. The first-order chi connectivity index (χ1) is 12.5. The van der Waals surface area contributed by atoms with Crippen LogP contribution in [0.5, 0.6) is 17.2 Å². The number of hydrogen-bond acceptors (Lipinski definition) is 5. The number of Topliss-reactive ketones (excluding diaryl/α,β-unsaturated/α-hetero) is 2. The van der Waals surface area contributed by atoms with Crippen LogP contribution in [0, 0.1) is 5.92 Å². The highest BCUT2D eigenvalue weighted by Crippen LogP contribution is 2.55. The molecule has 0 aliphatic heterocycles. The quantitative estimate of drug-likeness (QED) is 0.843. The highest BCUT2D eigenvalue weighted by molar-refractivity contribution is 6.16. The summed E-state index contributed by atoms with van der Waals surface area (Å²) >= 11 is 0. The number of hydrogen-bond donors (Lipinski definition) is 0. The van der Waals surface area contributed by atoms with Gasteiger partial charge in [0.15, 0.2) is 11.6 Å². The third kappa shape index (κ3) is 2.03. The second-order valence-electron chi connectivity index (χ2n) is 6.71. The number of allylic oxidation sites excluding steroid dienone is 2. The van der Waals surface area contributed by atoms with Gasteiger partial charge in [-0.3, -0.25) is 9.59 Å². The third-order valence-electron chi connectivity index (χ3n) is 5.50. The Balaban J connectivity index is 2.14. The number of carbonyl (C=O) groups is 2. The van der Waals surface area contributed by atoms with Gasteiger partial charge in [0.05, 0.1) is 32.3 Å². The van der Waals surface area contributed by atoms with Crippen molar-refractivity contribution in [2.75, 3.05) is 21.3 Å². The van der Waals surface area contributed by atoms with E-state index in [0.717, 1.165) is 10.9 Å². The zero-order chi connectivity index (χ0) is 18.6. The van der Waals surface area contributed by atoms with Gasteiger partial charge >= 0.3 is 0 Å². The largest absolute Gasteiger partial charge is 0.496 e. The van der Waals surface area contributed by atoms with Gasteiger partial charge in [-0.15, -0.1) is 0 Å². The lowest BCUT2D eigenvalue weighted by atomic mass is 9.80. The van der Waals surface area contributed by atoms with Gasteiger partial charge < -0.3 is 14.2 Å². The van der Waals surface area contributed by atoms with Gasteiger partial charge in [0.25, 0.3) is 0 Å². The van der Waals surface area contributed by atoms with Crippen molar-refractivity contribution in [3.05, 3.63) is 41.0 Å². The summed E-state index contributed by atoms with van der Waals surface area (Å²) in [6.45, 7) is 1.77. The lowest BCUT2D eigenvalue weighted by molar-refractivity contribution is -0.116. The number of ether oxygens (including phenoxy) is 3. The van der Waals surface area contributed by atoms with Crippen LogP contribution in [-0.4, -0.2) is 32.9 Å². The number of ketones is 2. The highest BCUT2D eigenvalue weighted by atomic mass is 16.5. The zero-order valence-corrected chi connectivity index (χ0v) is 15.2. The lowest BCUT2D eigenvalue weighted by Crippen LogP contribution is -2.21. The Kier molecular flexibility index (Phi) is 3.75. The Labute approximate surface area is 151 Å². The monoisotopic (exact) mass is 352 g/mol. The molecule has 2 aliphatic rings. The van der Waals surface area contributed by atoms with E-state index in [9.17, 15) is 9.59 Å². The summed E-state index contributed by atoms with van der Waals surface area (Å²) in [5, 5.41) is 1.53. The smallest absolute Gasteiger partial charge is 0.174 e. The van der Waals surface area contributed by atoms with Crippen LogP contribution in [0.4, 0.5) is 0 Å². The van der Waals surface area contributed by atoms with E-state index < -0.39 is 0 Å². The molecule has 2 aliphatic carbocycles. The molecule has 0 fully saturated rings. The fraction of sp³-hybridized carbons (Fsp3) is 0.333. The first kappa shape index (κ1) is 16.6. The molecule has 0 radical (unpaired) electrons. The van der Waals surface area contributed by atoms with Gasteiger partial charge in [-0.25, -0.2) is 0 Å². The van der Waals surface area contributed by atoms with E-state index in [1.165, 1.54) is 0 Å². The molecule has 2 atom stereocenters. The summed E-state index contributed by atoms with van der Waals surface area (Å²) in [7, 11) is 4.72. The molecular weight excluding hydrogens is 332 g/mol. The average Bonchev–Trinajstić information content (AvgIpc) is 2.92. The number of fused-ring (bicyclic) bond motifs is 4. The van der Waals surface area contributed by atoms with Crippen molar-refractivity contribution in [1.29, 1.82) is 0 Å².